The van der Waals surface area contributed by atoms with Crippen LogP contribution in [0.2, 0.25) is 0 Å². The van der Waals surface area contributed by atoms with Crippen molar-refractivity contribution in [2.45, 2.75) is 19.8 Å². The Bertz CT molecular complexity index is 815. The monoisotopic (exact) mass is 356 g/mol. The van der Waals surface area contributed by atoms with Crippen molar-refractivity contribution in [1.82, 2.24) is 0 Å². The number of amides is 1. The summed E-state index contributed by atoms with van der Waals surface area (Å²) in [6.07, 6.45) is 0. The van der Waals surface area contributed by atoms with E-state index in [9.17, 15) is 19.7 Å². The Hall–Kier alpha value is -3.22. The lowest BCUT2D eigenvalue weighted by molar-refractivity contribution is -0.384. The van der Waals surface area contributed by atoms with Crippen LogP contribution in [0.5, 0.6) is 0 Å². The van der Waals surface area contributed by atoms with Crippen LogP contribution >= 0.6 is 0 Å². The van der Waals surface area contributed by atoms with Crippen molar-refractivity contribution >= 4 is 23.3 Å². The van der Waals surface area contributed by atoms with Crippen molar-refractivity contribution in [3.8, 4) is 0 Å². The first-order valence-electron chi connectivity index (χ1n) is 8.07. The van der Waals surface area contributed by atoms with Crippen LogP contribution in [0.1, 0.15) is 35.7 Å². The van der Waals surface area contributed by atoms with E-state index in [4.69, 9.17) is 4.74 Å². The van der Waals surface area contributed by atoms with Gasteiger partial charge in [0.15, 0.2) is 0 Å². The molecule has 136 valence electrons. The second kappa shape index (κ2) is 8.24. The molecule has 2 rings (SSSR count). The molecule has 0 saturated carbocycles. The highest BCUT2D eigenvalue weighted by Crippen LogP contribution is 2.28. The van der Waals surface area contributed by atoms with Gasteiger partial charge in [0.2, 0.25) is 5.91 Å². The molecule has 0 fully saturated rings. The molecule has 1 amide bonds. The highest BCUT2D eigenvalue weighted by atomic mass is 16.6. The zero-order valence-electron chi connectivity index (χ0n) is 14.8. The molecular weight excluding hydrogens is 336 g/mol. The second-order valence-electron chi connectivity index (χ2n) is 6.10. The van der Waals surface area contributed by atoms with Gasteiger partial charge < -0.3 is 10.1 Å². The Morgan fingerprint density at radius 3 is 2.23 bits per heavy atom. The lowest BCUT2D eigenvalue weighted by Crippen LogP contribution is -2.26. The van der Waals surface area contributed by atoms with E-state index in [2.05, 4.69) is 5.32 Å². The van der Waals surface area contributed by atoms with E-state index in [1.165, 1.54) is 19.2 Å². The van der Waals surface area contributed by atoms with Gasteiger partial charge in [0.25, 0.3) is 5.69 Å². The standard InChI is InChI=1S/C19H20N2O5/c1-12(2)17(13-8-10-14(11-9-13)21(24)25)18(22)20-16-7-5-4-6-15(16)19(23)26-3/h4-12,17H,1-3H3,(H,20,22). The fraction of sp³-hybridized carbons (Fsp3) is 0.263. The molecular formula is C19H20N2O5. The first kappa shape index (κ1) is 19.1. The Kier molecular flexibility index (Phi) is 6.06. The van der Waals surface area contributed by atoms with E-state index in [-0.39, 0.29) is 23.1 Å². The van der Waals surface area contributed by atoms with Gasteiger partial charge in [-0.1, -0.05) is 38.1 Å². The third kappa shape index (κ3) is 4.24. The molecule has 1 unspecified atom stereocenters. The molecule has 0 aliphatic carbocycles. The molecule has 0 aliphatic rings. The molecule has 0 spiro atoms. The summed E-state index contributed by atoms with van der Waals surface area (Å²) < 4.78 is 4.73. The van der Waals surface area contributed by atoms with Crippen LogP contribution in [0.15, 0.2) is 48.5 Å². The molecule has 1 atom stereocenters. The van der Waals surface area contributed by atoms with Gasteiger partial charge in [0.05, 0.1) is 29.2 Å². The second-order valence-corrected chi connectivity index (χ2v) is 6.10. The Labute approximate surface area is 151 Å². The number of nitrogens with one attached hydrogen (secondary N) is 1. The Morgan fingerprint density at radius 1 is 1.08 bits per heavy atom. The lowest BCUT2D eigenvalue weighted by Gasteiger charge is -2.21. The molecule has 2 aromatic carbocycles. The van der Waals surface area contributed by atoms with Crippen LogP contribution in [-0.2, 0) is 9.53 Å². The minimum absolute atomic E-state index is 0.0345. The maximum absolute atomic E-state index is 12.8. The van der Waals surface area contributed by atoms with Gasteiger partial charge in [-0.3, -0.25) is 14.9 Å². The average Bonchev–Trinajstić information content (AvgIpc) is 2.61. The number of ether oxygens (including phenoxy) is 1. The summed E-state index contributed by atoms with van der Waals surface area (Å²) >= 11 is 0. The number of non-ortho nitro benzene ring substituents is 1. The summed E-state index contributed by atoms with van der Waals surface area (Å²) in [7, 11) is 1.27. The van der Waals surface area contributed by atoms with Crippen molar-refractivity contribution in [3.05, 3.63) is 69.8 Å². The number of nitrogens with zero attached hydrogens (tertiary/aromatic N) is 1. The molecule has 7 nitrogen and oxygen atoms in total. The van der Waals surface area contributed by atoms with Gasteiger partial charge in [-0.05, 0) is 23.6 Å². The van der Waals surface area contributed by atoms with E-state index in [0.29, 0.717) is 11.3 Å². The zero-order chi connectivity index (χ0) is 19.3. The maximum atomic E-state index is 12.8. The van der Waals surface area contributed by atoms with E-state index in [1.54, 1.807) is 36.4 Å². The van der Waals surface area contributed by atoms with Crippen LogP contribution in [0.4, 0.5) is 11.4 Å². The summed E-state index contributed by atoms with van der Waals surface area (Å²) in [5.41, 5.74) is 1.25. The number of hydrogen-bond donors (Lipinski definition) is 1. The fourth-order valence-electron chi connectivity index (χ4n) is 2.73. The largest absolute Gasteiger partial charge is 0.465 e. The first-order valence-corrected chi connectivity index (χ1v) is 8.07. The van der Waals surface area contributed by atoms with Crippen LogP contribution in [0.25, 0.3) is 0 Å². The topological polar surface area (TPSA) is 98.5 Å². The summed E-state index contributed by atoms with van der Waals surface area (Å²) in [6.45, 7) is 3.77. The van der Waals surface area contributed by atoms with Crippen molar-refractivity contribution in [2.75, 3.05) is 12.4 Å². The Morgan fingerprint density at radius 2 is 1.69 bits per heavy atom. The number of hydrogen-bond acceptors (Lipinski definition) is 5. The number of methoxy groups -OCH3 is 1. The lowest BCUT2D eigenvalue weighted by atomic mass is 9.87. The van der Waals surface area contributed by atoms with Gasteiger partial charge in [-0.15, -0.1) is 0 Å². The predicted octanol–water partition coefficient (Wildman–Crippen LogP) is 3.76. The SMILES string of the molecule is COC(=O)c1ccccc1NC(=O)C(c1ccc([N+](=O)[O-])cc1)C(C)C. The zero-order valence-corrected chi connectivity index (χ0v) is 14.8. The number of esters is 1. The number of rotatable bonds is 6. The minimum atomic E-state index is -0.544. The van der Waals surface area contributed by atoms with E-state index < -0.39 is 16.8 Å². The van der Waals surface area contributed by atoms with Gasteiger partial charge in [-0.25, -0.2) is 4.79 Å². The smallest absolute Gasteiger partial charge is 0.339 e. The molecule has 0 bridgehead atoms. The molecule has 0 aliphatic heterocycles. The minimum Gasteiger partial charge on any atom is -0.465 e. The number of para-hydroxylation sites is 1. The van der Waals surface area contributed by atoms with Gasteiger partial charge in [0, 0.05) is 12.1 Å². The molecule has 0 saturated heterocycles. The molecule has 0 aromatic heterocycles. The normalized spacial score (nSPS) is 11.7. The molecule has 2 aromatic rings. The molecule has 0 radical (unpaired) electrons. The summed E-state index contributed by atoms with van der Waals surface area (Å²) in [4.78, 5) is 35.0. The van der Waals surface area contributed by atoms with Crippen LogP contribution < -0.4 is 5.32 Å². The highest BCUT2D eigenvalue weighted by Gasteiger charge is 2.26. The highest BCUT2D eigenvalue weighted by molar-refractivity contribution is 6.03. The van der Waals surface area contributed by atoms with Crippen molar-refractivity contribution in [1.29, 1.82) is 0 Å². The van der Waals surface area contributed by atoms with Crippen molar-refractivity contribution in [3.63, 3.8) is 0 Å². The van der Waals surface area contributed by atoms with Crippen molar-refractivity contribution < 1.29 is 19.2 Å². The number of anilines is 1. The van der Waals surface area contributed by atoms with Crippen LogP contribution in [-0.4, -0.2) is 23.9 Å². The van der Waals surface area contributed by atoms with Gasteiger partial charge >= 0.3 is 5.97 Å². The third-order valence-electron chi connectivity index (χ3n) is 4.00. The maximum Gasteiger partial charge on any atom is 0.339 e. The summed E-state index contributed by atoms with van der Waals surface area (Å²) in [5, 5.41) is 13.6. The predicted molar refractivity (Wildman–Crippen MR) is 97.1 cm³/mol. The van der Waals surface area contributed by atoms with Crippen molar-refractivity contribution in [2.24, 2.45) is 5.92 Å². The van der Waals surface area contributed by atoms with Crippen LogP contribution in [0.3, 0.4) is 0 Å². The molecule has 1 N–H and O–H groups in total. The number of carbonyl (C=O) groups is 2. The first-order chi connectivity index (χ1) is 12.3. The molecule has 26 heavy (non-hydrogen) atoms. The Balaban J connectivity index is 2.30. The van der Waals surface area contributed by atoms with E-state index in [1.807, 2.05) is 13.8 Å². The van der Waals surface area contributed by atoms with E-state index in [0.717, 1.165) is 0 Å². The average molecular weight is 356 g/mol. The summed E-state index contributed by atoms with van der Waals surface area (Å²) in [6, 6.07) is 12.5. The van der Waals surface area contributed by atoms with Crippen LogP contribution in [0, 0.1) is 16.0 Å². The number of nitro groups is 1. The third-order valence-corrected chi connectivity index (χ3v) is 4.00. The number of nitro benzene ring substituents is 1. The molecule has 0 heterocycles. The molecule has 7 heteroatoms. The fourth-order valence-corrected chi connectivity index (χ4v) is 2.73. The summed E-state index contributed by atoms with van der Waals surface area (Å²) in [5.74, 6) is -1.43. The van der Waals surface area contributed by atoms with E-state index >= 15 is 0 Å². The number of benzene rings is 2. The van der Waals surface area contributed by atoms with Gasteiger partial charge in [-0.2, -0.15) is 0 Å². The van der Waals surface area contributed by atoms with Gasteiger partial charge in [0.1, 0.15) is 0 Å². The number of carbonyl (C=O) groups excluding carboxylic acids is 2. The quantitative estimate of drug-likeness (QED) is 0.483.